The van der Waals surface area contributed by atoms with Crippen molar-refractivity contribution in [2.75, 3.05) is 0 Å². The molecule has 1 nitrogen and oxygen atoms in total. The molecule has 0 fully saturated rings. The van der Waals surface area contributed by atoms with E-state index in [1.165, 1.54) is 6.07 Å². The van der Waals surface area contributed by atoms with Crippen molar-refractivity contribution < 1.29 is 4.39 Å². The van der Waals surface area contributed by atoms with Crippen molar-refractivity contribution in [1.82, 2.24) is 0 Å². The van der Waals surface area contributed by atoms with Gasteiger partial charge < -0.3 is 0 Å². The topological polar surface area (TPSA) is 23.8 Å². The summed E-state index contributed by atoms with van der Waals surface area (Å²) in [4.78, 5) is 0. The highest BCUT2D eigenvalue weighted by Crippen LogP contribution is 2.26. The van der Waals surface area contributed by atoms with E-state index in [9.17, 15) is 4.39 Å². The van der Waals surface area contributed by atoms with E-state index in [0.717, 1.165) is 16.7 Å². The van der Waals surface area contributed by atoms with Gasteiger partial charge in [0.2, 0.25) is 0 Å². The zero-order valence-electron chi connectivity index (χ0n) is 9.57. The SMILES string of the molecule is Cc1ccccc1-c1cc(CC#N)ccc1F. The molecule has 2 rings (SSSR count). The molecular weight excluding hydrogens is 213 g/mol. The van der Waals surface area contributed by atoms with Crippen molar-refractivity contribution in [1.29, 1.82) is 5.26 Å². The second-order valence-corrected chi connectivity index (χ2v) is 3.96. The van der Waals surface area contributed by atoms with Gasteiger partial charge in [-0.25, -0.2) is 4.39 Å². The van der Waals surface area contributed by atoms with Gasteiger partial charge in [0.15, 0.2) is 0 Å². The van der Waals surface area contributed by atoms with Crippen molar-refractivity contribution in [2.45, 2.75) is 13.3 Å². The van der Waals surface area contributed by atoms with Gasteiger partial charge in [0.05, 0.1) is 12.5 Å². The van der Waals surface area contributed by atoms with Crippen LogP contribution in [0.5, 0.6) is 0 Å². The second kappa shape index (κ2) is 4.80. The summed E-state index contributed by atoms with van der Waals surface area (Å²) in [5, 5.41) is 8.66. The Morgan fingerprint density at radius 1 is 1.12 bits per heavy atom. The van der Waals surface area contributed by atoms with Gasteiger partial charge in [-0.3, -0.25) is 0 Å². The summed E-state index contributed by atoms with van der Waals surface area (Å²) in [6, 6.07) is 14.6. The van der Waals surface area contributed by atoms with Gasteiger partial charge >= 0.3 is 0 Å². The quantitative estimate of drug-likeness (QED) is 0.761. The van der Waals surface area contributed by atoms with Crippen LogP contribution < -0.4 is 0 Å². The van der Waals surface area contributed by atoms with Crippen molar-refractivity contribution in [3.05, 3.63) is 59.4 Å². The Labute approximate surface area is 100 Å². The van der Waals surface area contributed by atoms with E-state index in [0.29, 0.717) is 12.0 Å². The average Bonchev–Trinajstić information content (AvgIpc) is 2.33. The zero-order valence-corrected chi connectivity index (χ0v) is 9.57. The van der Waals surface area contributed by atoms with E-state index >= 15 is 0 Å². The van der Waals surface area contributed by atoms with Crippen LogP contribution in [0.2, 0.25) is 0 Å². The first-order valence-corrected chi connectivity index (χ1v) is 5.44. The van der Waals surface area contributed by atoms with Gasteiger partial charge in [0, 0.05) is 5.56 Å². The molecule has 17 heavy (non-hydrogen) atoms. The Morgan fingerprint density at radius 2 is 1.88 bits per heavy atom. The highest BCUT2D eigenvalue weighted by molar-refractivity contribution is 5.68. The fourth-order valence-electron chi connectivity index (χ4n) is 1.86. The van der Waals surface area contributed by atoms with Crippen molar-refractivity contribution in [3.63, 3.8) is 0 Å². The normalized spacial score (nSPS) is 9.94. The Balaban J connectivity index is 2.55. The van der Waals surface area contributed by atoms with E-state index in [1.807, 2.05) is 31.2 Å². The van der Waals surface area contributed by atoms with Crippen LogP contribution in [0, 0.1) is 24.1 Å². The van der Waals surface area contributed by atoms with Crippen LogP contribution >= 0.6 is 0 Å². The van der Waals surface area contributed by atoms with E-state index in [4.69, 9.17) is 5.26 Å². The summed E-state index contributed by atoms with van der Waals surface area (Å²) in [5.74, 6) is -0.249. The van der Waals surface area contributed by atoms with Crippen LogP contribution in [0.15, 0.2) is 42.5 Å². The Bertz CT molecular complexity index is 582. The van der Waals surface area contributed by atoms with Crippen molar-refractivity contribution >= 4 is 0 Å². The lowest BCUT2D eigenvalue weighted by molar-refractivity contribution is 0.630. The molecule has 0 N–H and O–H groups in total. The van der Waals surface area contributed by atoms with Gasteiger partial charge in [0.1, 0.15) is 5.82 Å². The summed E-state index contributed by atoms with van der Waals surface area (Å²) >= 11 is 0. The maximum atomic E-state index is 13.8. The minimum Gasteiger partial charge on any atom is -0.206 e. The standard InChI is InChI=1S/C15H12FN/c1-11-4-2-3-5-13(11)14-10-12(8-9-17)6-7-15(14)16/h2-7,10H,8H2,1H3. The molecule has 0 aliphatic rings. The van der Waals surface area contributed by atoms with Crippen LogP contribution in [0.25, 0.3) is 11.1 Å². The van der Waals surface area contributed by atoms with E-state index < -0.39 is 0 Å². The van der Waals surface area contributed by atoms with Gasteiger partial charge in [0.25, 0.3) is 0 Å². The molecular formula is C15H12FN. The number of hydrogen-bond donors (Lipinski definition) is 0. The minimum atomic E-state index is -0.249. The fraction of sp³-hybridized carbons (Fsp3) is 0.133. The molecule has 0 heterocycles. The average molecular weight is 225 g/mol. The Morgan fingerprint density at radius 3 is 2.59 bits per heavy atom. The predicted octanol–water partition coefficient (Wildman–Crippen LogP) is 3.87. The Kier molecular flexibility index (Phi) is 3.20. The summed E-state index contributed by atoms with van der Waals surface area (Å²) in [7, 11) is 0. The molecule has 0 saturated heterocycles. The molecule has 0 unspecified atom stereocenters. The number of rotatable bonds is 2. The lowest BCUT2D eigenvalue weighted by Gasteiger charge is -2.08. The molecule has 2 heteroatoms. The molecule has 0 aliphatic carbocycles. The van der Waals surface area contributed by atoms with Crippen molar-refractivity contribution in [3.8, 4) is 17.2 Å². The highest BCUT2D eigenvalue weighted by Gasteiger charge is 2.08. The number of benzene rings is 2. The molecule has 0 saturated carbocycles. The first-order chi connectivity index (χ1) is 8.22. The largest absolute Gasteiger partial charge is 0.206 e. The maximum Gasteiger partial charge on any atom is 0.131 e. The maximum absolute atomic E-state index is 13.8. The summed E-state index contributed by atoms with van der Waals surface area (Å²) in [5.41, 5.74) is 3.31. The highest BCUT2D eigenvalue weighted by atomic mass is 19.1. The summed E-state index contributed by atoms with van der Waals surface area (Å²) < 4.78 is 13.8. The molecule has 0 radical (unpaired) electrons. The second-order valence-electron chi connectivity index (χ2n) is 3.96. The lowest BCUT2D eigenvalue weighted by Crippen LogP contribution is -1.90. The first-order valence-electron chi connectivity index (χ1n) is 5.44. The minimum absolute atomic E-state index is 0.249. The molecule has 0 bridgehead atoms. The van der Waals surface area contributed by atoms with Crippen LogP contribution in [0.1, 0.15) is 11.1 Å². The predicted molar refractivity (Wildman–Crippen MR) is 65.9 cm³/mol. The molecule has 0 amide bonds. The van der Waals surface area contributed by atoms with Gasteiger partial charge in [-0.1, -0.05) is 30.3 Å². The van der Waals surface area contributed by atoms with Gasteiger partial charge in [-0.2, -0.15) is 5.26 Å². The third-order valence-corrected chi connectivity index (χ3v) is 2.75. The summed E-state index contributed by atoms with van der Waals surface area (Å²) in [6.07, 6.45) is 0.305. The molecule has 84 valence electrons. The van der Waals surface area contributed by atoms with Crippen LogP contribution in [-0.4, -0.2) is 0 Å². The number of nitriles is 1. The number of halogens is 1. The third kappa shape index (κ3) is 2.34. The molecule has 0 aliphatic heterocycles. The molecule has 2 aromatic rings. The number of aryl methyl sites for hydroxylation is 1. The monoisotopic (exact) mass is 225 g/mol. The summed E-state index contributed by atoms with van der Waals surface area (Å²) in [6.45, 7) is 1.95. The van der Waals surface area contributed by atoms with E-state index in [-0.39, 0.29) is 5.82 Å². The molecule has 0 aromatic heterocycles. The first kappa shape index (κ1) is 11.3. The molecule has 0 atom stereocenters. The van der Waals surface area contributed by atoms with Crippen LogP contribution in [0.4, 0.5) is 4.39 Å². The molecule has 0 spiro atoms. The number of hydrogen-bond acceptors (Lipinski definition) is 1. The number of nitrogens with zero attached hydrogens (tertiary/aromatic N) is 1. The third-order valence-electron chi connectivity index (χ3n) is 2.75. The fourth-order valence-corrected chi connectivity index (χ4v) is 1.86. The van der Waals surface area contributed by atoms with E-state index in [1.54, 1.807) is 12.1 Å². The lowest BCUT2D eigenvalue weighted by atomic mass is 9.98. The van der Waals surface area contributed by atoms with Gasteiger partial charge in [-0.05, 0) is 35.7 Å². The van der Waals surface area contributed by atoms with E-state index in [2.05, 4.69) is 6.07 Å². The zero-order chi connectivity index (χ0) is 12.3. The van der Waals surface area contributed by atoms with Crippen LogP contribution in [0.3, 0.4) is 0 Å². The molecule has 2 aromatic carbocycles. The van der Waals surface area contributed by atoms with Crippen molar-refractivity contribution in [2.24, 2.45) is 0 Å². The van der Waals surface area contributed by atoms with Gasteiger partial charge in [-0.15, -0.1) is 0 Å². The van der Waals surface area contributed by atoms with Crippen LogP contribution in [-0.2, 0) is 6.42 Å². The Hall–Kier alpha value is -2.14. The smallest absolute Gasteiger partial charge is 0.131 e.